The minimum atomic E-state index is -1.27. The number of ether oxygens (including phenoxy) is 1. The molecule has 1 saturated heterocycles. The zero-order valence-corrected chi connectivity index (χ0v) is 11.3. The van der Waals surface area contributed by atoms with Gasteiger partial charge in [0.25, 0.3) is 0 Å². The molecule has 0 spiro atoms. The highest BCUT2D eigenvalue weighted by Gasteiger charge is 2.17. The SMILES string of the molecule is O=C(O)c1cc(F)cnc1NCCC(=O)N1CCOCC1. The fourth-order valence-corrected chi connectivity index (χ4v) is 2.00. The lowest BCUT2D eigenvalue weighted by Crippen LogP contribution is -2.41. The van der Waals surface area contributed by atoms with Gasteiger partial charge < -0.3 is 20.1 Å². The van der Waals surface area contributed by atoms with Crippen LogP contribution in [0.15, 0.2) is 12.3 Å². The van der Waals surface area contributed by atoms with E-state index in [9.17, 15) is 14.0 Å². The molecule has 0 aliphatic carbocycles. The number of halogens is 1. The molecule has 0 aromatic carbocycles. The van der Waals surface area contributed by atoms with Gasteiger partial charge in [-0.3, -0.25) is 4.79 Å². The summed E-state index contributed by atoms with van der Waals surface area (Å²) < 4.78 is 18.1. The number of carboxylic acids is 1. The number of carbonyl (C=O) groups excluding carboxylic acids is 1. The van der Waals surface area contributed by atoms with Gasteiger partial charge in [0.2, 0.25) is 5.91 Å². The molecule has 1 aliphatic heterocycles. The van der Waals surface area contributed by atoms with Gasteiger partial charge in [0.15, 0.2) is 0 Å². The number of rotatable bonds is 5. The third-order valence-electron chi connectivity index (χ3n) is 3.08. The molecule has 2 N–H and O–H groups in total. The molecule has 1 aromatic rings. The number of nitrogens with zero attached hydrogens (tertiary/aromatic N) is 2. The molecule has 0 unspecified atom stereocenters. The van der Waals surface area contributed by atoms with Gasteiger partial charge in [0, 0.05) is 26.1 Å². The fraction of sp³-hybridized carbons (Fsp3) is 0.462. The van der Waals surface area contributed by atoms with E-state index >= 15 is 0 Å². The second-order valence-electron chi connectivity index (χ2n) is 4.52. The van der Waals surface area contributed by atoms with Crippen LogP contribution in [0.2, 0.25) is 0 Å². The van der Waals surface area contributed by atoms with Crippen LogP contribution in [-0.4, -0.2) is 59.7 Å². The summed E-state index contributed by atoms with van der Waals surface area (Å²) in [6, 6.07) is 0.890. The van der Waals surface area contributed by atoms with E-state index in [2.05, 4.69) is 10.3 Å². The molecule has 8 heteroatoms. The number of aromatic nitrogens is 1. The molecule has 7 nitrogen and oxygen atoms in total. The molecule has 1 aromatic heterocycles. The molecular weight excluding hydrogens is 281 g/mol. The van der Waals surface area contributed by atoms with Crippen LogP contribution in [0.5, 0.6) is 0 Å². The van der Waals surface area contributed by atoms with E-state index in [1.54, 1.807) is 4.90 Å². The lowest BCUT2D eigenvalue weighted by molar-refractivity contribution is -0.134. The van der Waals surface area contributed by atoms with Crippen LogP contribution in [0.4, 0.5) is 10.2 Å². The molecule has 0 radical (unpaired) electrons. The lowest BCUT2D eigenvalue weighted by atomic mass is 10.2. The summed E-state index contributed by atoms with van der Waals surface area (Å²) in [7, 11) is 0. The maximum Gasteiger partial charge on any atom is 0.339 e. The Kier molecular flexibility index (Phi) is 5.04. The molecule has 1 amide bonds. The Hall–Kier alpha value is -2.22. The smallest absolute Gasteiger partial charge is 0.339 e. The van der Waals surface area contributed by atoms with E-state index in [0.29, 0.717) is 26.3 Å². The van der Waals surface area contributed by atoms with E-state index in [-0.39, 0.29) is 30.3 Å². The van der Waals surface area contributed by atoms with Crippen LogP contribution < -0.4 is 5.32 Å². The van der Waals surface area contributed by atoms with Crippen LogP contribution in [-0.2, 0) is 9.53 Å². The average molecular weight is 297 g/mol. The number of morpholine rings is 1. The van der Waals surface area contributed by atoms with Gasteiger partial charge in [-0.1, -0.05) is 0 Å². The van der Waals surface area contributed by atoms with Gasteiger partial charge in [-0.25, -0.2) is 14.2 Å². The van der Waals surface area contributed by atoms with Crippen LogP contribution in [0.1, 0.15) is 16.8 Å². The van der Waals surface area contributed by atoms with Crippen molar-refractivity contribution >= 4 is 17.7 Å². The van der Waals surface area contributed by atoms with Crippen molar-refractivity contribution in [2.45, 2.75) is 6.42 Å². The van der Waals surface area contributed by atoms with Gasteiger partial charge in [0.05, 0.1) is 19.4 Å². The standard InChI is InChI=1S/C13H16FN3O4/c14-9-7-10(13(19)20)12(16-8-9)15-2-1-11(18)17-3-5-21-6-4-17/h7-8H,1-6H2,(H,15,16)(H,19,20). The predicted molar refractivity (Wildman–Crippen MR) is 71.7 cm³/mol. The van der Waals surface area contributed by atoms with Crippen molar-refractivity contribution in [2.24, 2.45) is 0 Å². The number of amides is 1. The third-order valence-corrected chi connectivity index (χ3v) is 3.08. The quantitative estimate of drug-likeness (QED) is 0.826. The number of hydrogen-bond acceptors (Lipinski definition) is 5. The second-order valence-corrected chi connectivity index (χ2v) is 4.52. The van der Waals surface area contributed by atoms with Crippen LogP contribution in [0.3, 0.4) is 0 Å². The van der Waals surface area contributed by atoms with Crippen molar-refractivity contribution < 1.29 is 23.8 Å². The Labute approximate surface area is 120 Å². The first-order chi connectivity index (χ1) is 10.1. The third kappa shape index (κ3) is 4.12. The van der Waals surface area contributed by atoms with Crippen LogP contribution >= 0.6 is 0 Å². The van der Waals surface area contributed by atoms with Gasteiger partial charge in [-0.05, 0) is 6.07 Å². The van der Waals surface area contributed by atoms with E-state index in [0.717, 1.165) is 12.3 Å². The molecule has 1 fully saturated rings. The number of hydrogen-bond donors (Lipinski definition) is 2. The van der Waals surface area contributed by atoms with Gasteiger partial charge in [0.1, 0.15) is 17.2 Å². The Balaban J connectivity index is 1.88. The molecule has 21 heavy (non-hydrogen) atoms. The summed E-state index contributed by atoms with van der Waals surface area (Å²) in [5, 5.41) is 11.7. The van der Waals surface area contributed by atoms with Crippen LogP contribution in [0.25, 0.3) is 0 Å². The number of anilines is 1. The Morgan fingerprint density at radius 2 is 2.14 bits per heavy atom. The fourth-order valence-electron chi connectivity index (χ4n) is 2.00. The zero-order chi connectivity index (χ0) is 15.2. The molecule has 0 atom stereocenters. The molecule has 2 rings (SSSR count). The first kappa shape index (κ1) is 15.2. The Bertz CT molecular complexity index is 532. The summed E-state index contributed by atoms with van der Waals surface area (Å²) in [5.74, 6) is -1.98. The number of nitrogens with one attached hydrogen (secondary N) is 1. The van der Waals surface area contributed by atoms with Crippen molar-refractivity contribution in [3.8, 4) is 0 Å². The Morgan fingerprint density at radius 1 is 1.43 bits per heavy atom. The van der Waals surface area contributed by atoms with E-state index in [1.165, 1.54) is 0 Å². The summed E-state index contributed by atoms with van der Waals surface area (Å²) >= 11 is 0. The average Bonchev–Trinajstić information content (AvgIpc) is 2.49. The maximum absolute atomic E-state index is 13.0. The number of carbonyl (C=O) groups is 2. The zero-order valence-electron chi connectivity index (χ0n) is 11.3. The monoisotopic (exact) mass is 297 g/mol. The van der Waals surface area contributed by atoms with Crippen molar-refractivity contribution in [1.29, 1.82) is 0 Å². The molecule has 114 valence electrons. The minimum absolute atomic E-state index is 0.0372. The van der Waals surface area contributed by atoms with Crippen molar-refractivity contribution in [2.75, 3.05) is 38.2 Å². The maximum atomic E-state index is 13.0. The summed E-state index contributed by atoms with van der Waals surface area (Å²) in [4.78, 5) is 28.3. The highest BCUT2D eigenvalue weighted by Crippen LogP contribution is 2.13. The topological polar surface area (TPSA) is 91.8 Å². The molecule has 0 saturated carbocycles. The van der Waals surface area contributed by atoms with Gasteiger partial charge in [-0.15, -0.1) is 0 Å². The summed E-state index contributed by atoms with van der Waals surface area (Å²) in [6.07, 6.45) is 1.14. The van der Waals surface area contributed by atoms with Crippen molar-refractivity contribution in [3.05, 3.63) is 23.6 Å². The Morgan fingerprint density at radius 3 is 2.81 bits per heavy atom. The minimum Gasteiger partial charge on any atom is -0.478 e. The normalized spacial score (nSPS) is 14.8. The number of carboxylic acid groups (broad SMARTS) is 1. The summed E-state index contributed by atoms with van der Waals surface area (Å²) in [6.45, 7) is 2.42. The molecule has 1 aliphatic rings. The molecule has 0 bridgehead atoms. The first-order valence-corrected chi connectivity index (χ1v) is 6.56. The molecular formula is C13H16FN3O4. The largest absolute Gasteiger partial charge is 0.478 e. The van der Waals surface area contributed by atoms with E-state index < -0.39 is 11.8 Å². The highest BCUT2D eigenvalue weighted by atomic mass is 19.1. The second kappa shape index (κ2) is 6.98. The number of pyridine rings is 1. The van der Waals surface area contributed by atoms with E-state index in [1.807, 2.05) is 0 Å². The highest BCUT2D eigenvalue weighted by molar-refractivity contribution is 5.93. The van der Waals surface area contributed by atoms with Gasteiger partial charge in [-0.2, -0.15) is 0 Å². The predicted octanol–water partition coefficient (Wildman–Crippen LogP) is 0.580. The summed E-state index contributed by atoms with van der Waals surface area (Å²) in [5.41, 5.74) is -0.256. The van der Waals surface area contributed by atoms with Gasteiger partial charge >= 0.3 is 5.97 Å². The van der Waals surface area contributed by atoms with Crippen molar-refractivity contribution in [3.63, 3.8) is 0 Å². The number of aromatic carboxylic acids is 1. The lowest BCUT2D eigenvalue weighted by Gasteiger charge is -2.26. The van der Waals surface area contributed by atoms with Crippen molar-refractivity contribution in [1.82, 2.24) is 9.88 Å². The molecule has 2 heterocycles. The van der Waals surface area contributed by atoms with Crippen LogP contribution in [0, 0.1) is 5.82 Å². The first-order valence-electron chi connectivity index (χ1n) is 6.56. The van der Waals surface area contributed by atoms with E-state index in [4.69, 9.17) is 9.84 Å².